The van der Waals surface area contributed by atoms with Crippen LogP contribution in [-0.2, 0) is 19.9 Å². The lowest BCUT2D eigenvalue weighted by Gasteiger charge is -2.29. The molecular weight excluding hydrogens is 358 g/mol. The predicted molar refractivity (Wildman–Crippen MR) is 101 cm³/mol. The summed E-state index contributed by atoms with van der Waals surface area (Å²) in [6.45, 7) is 11.8. The van der Waals surface area contributed by atoms with Crippen LogP contribution in [0.2, 0.25) is 0 Å². The molecule has 25 heavy (non-hydrogen) atoms. The van der Waals surface area contributed by atoms with Gasteiger partial charge in [0, 0.05) is 12.6 Å². The third kappa shape index (κ3) is 3.64. The van der Waals surface area contributed by atoms with Crippen molar-refractivity contribution in [2.24, 2.45) is 0 Å². The van der Waals surface area contributed by atoms with E-state index in [4.69, 9.17) is 0 Å². The Labute approximate surface area is 152 Å². The Morgan fingerprint density at radius 2 is 1.44 bits per heavy atom. The van der Waals surface area contributed by atoms with Crippen molar-refractivity contribution in [1.82, 2.24) is 4.31 Å². The molecule has 5 nitrogen and oxygen atoms in total. The monoisotopic (exact) mass is 387 g/mol. The van der Waals surface area contributed by atoms with E-state index in [0.29, 0.717) is 24.3 Å². The van der Waals surface area contributed by atoms with Crippen LogP contribution in [0.3, 0.4) is 0 Å². The third-order valence-electron chi connectivity index (χ3n) is 5.56. The largest absolute Gasteiger partial charge is 0.243 e. The zero-order valence-electron chi connectivity index (χ0n) is 16.0. The van der Waals surface area contributed by atoms with Gasteiger partial charge in [0.1, 0.15) is 0 Å². The molecule has 0 spiro atoms. The minimum atomic E-state index is -3.75. The molecule has 0 radical (unpaired) electrons. The molecule has 1 atom stereocenters. The van der Waals surface area contributed by atoms with Crippen molar-refractivity contribution < 1.29 is 16.8 Å². The summed E-state index contributed by atoms with van der Waals surface area (Å²) in [6.07, 6.45) is 1.03. The molecule has 1 aromatic rings. The van der Waals surface area contributed by atoms with Gasteiger partial charge < -0.3 is 0 Å². The first kappa shape index (κ1) is 20.4. The lowest BCUT2D eigenvalue weighted by Crippen LogP contribution is -2.42. The van der Waals surface area contributed by atoms with Crippen LogP contribution in [0.5, 0.6) is 0 Å². The van der Waals surface area contributed by atoms with Gasteiger partial charge in [-0.2, -0.15) is 4.31 Å². The molecule has 1 saturated heterocycles. The van der Waals surface area contributed by atoms with Crippen LogP contribution in [-0.4, -0.2) is 45.2 Å². The van der Waals surface area contributed by atoms with Gasteiger partial charge in [0.2, 0.25) is 10.0 Å². The third-order valence-corrected chi connectivity index (χ3v) is 9.53. The number of sulfonamides is 1. The molecule has 0 aromatic heterocycles. The van der Waals surface area contributed by atoms with Crippen LogP contribution < -0.4 is 0 Å². The fourth-order valence-electron chi connectivity index (χ4n) is 3.69. The van der Waals surface area contributed by atoms with Gasteiger partial charge in [-0.3, -0.25) is 0 Å². The molecule has 0 saturated carbocycles. The van der Waals surface area contributed by atoms with E-state index in [-0.39, 0.29) is 11.5 Å². The summed E-state index contributed by atoms with van der Waals surface area (Å²) in [4.78, 5) is 0.353. The highest BCUT2D eigenvalue weighted by Gasteiger charge is 2.39. The van der Waals surface area contributed by atoms with Gasteiger partial charge in [0.25, 0.3) is 0 Å². The predicted octanol–water partition coefficient (Wildman–Crippen LogP) is 2.82. The van der Waals surface area contributed by atoms with Gasteiger partial charge in [-0.25, -0.2) is 16.8 Å². The molecule has 0 amide bonds. The fourth-order valence-corrected chi connectivity index (χ4v) is 7.83. The maximum absolute atomic E-state index is 13.5. The van der Waals surface area contributed by atoms with E-state index < -0.39 is 25.9 Å². The Morgan fingerprint density at radius 3 is 1.84 bits per heavy atom. The van der Waals surface area contributed by atoms with Crippen molar-refractivity contribution in [2.75, 3.05) is 18.1 Å². The number of hydrogen-bond acceptors (Lipinski definition) is 4. The van der Waals surface area contributed by atoms with Crippen molar-refractivity contribution in [1.29, 1.82) is 0 Å². The summed E-state index contributed by atoms with van der Waals surface area (Å²) in [5, 5.41) is 0. The number of nitrogens with zero attached hydrogens (tertiary/aromatic N) is 1. The van der Waals surface area contributed by atoms with E-state index in [1.165, 1.54) is 4.31 Å². The minimum absolute atomic E-state index is 0.0668. The van der Waals surface area contributed by atoms with Crippen molar-refractivity contribution >= 4 is 19.9 Å². The summed E-state index contributed by atoms with van der Waals surface area (Å²) in [5.41, 5.74) is 4.61. The SMILES string of the molecule is CCCN([C@@H]1CCS(=O)(=O)C1)S(=O)(=O)c1c(C)c(C)c(C)c(C)c1C. The Balaban J connectivity index is 2.63. The van der Waals surface area contributed by atoms with E-state index in [9.17, 15) is 16.8 Å². The molecular formula is C18H29NO4S2. The molecule has 2 rings (SSSR count). The van der Waals surface area contributed by atoms with E-state index >= 15 is 0 Å². The van der Waals surface area contributed by atoms with E-state index in [1.54, 1.807) is 0 Å². The van der Waals surface area contributed by atoms with Crippen molar-refractivity contribution in [3.63, 3.8) is 0 Å². The van der Waals surface area contributed by atoms with Crippen LogP contribution in [0.25, 0.3) is 0 Å². The van der Waals surface area contributed by atoms with Gasteiger partial charge in [0.15, 0.2) is 9.84 Å². The van der Waals surface area contributed by atoms with Crippen LogP contribution in [0.15, 0.2) is 4.90 Å². The summed E-state index contributed by atoms with van der Waals surface area (Å²) in [5.74, 6) is -0.00846. The van der Waals surface area contributed by atoms with Crippen LogP contribution >= 0.6 is 0 Å². The molecule has 1 aliphatic rings. The molecule has 142 valence electrons. The second kappa shape index (κ2) is 7.00. The highest BCUT2D eigenvalue weighted by atomic mass is 32.2. The van der Waals surface area contributed by atoms with E-state index in [0.717, 1.165) is 27.8 Å². The first-order valence-corrected chi connectivity index (χ1v) is 12.0. The normalized spacial score (nSPS) is 20.4. The number of sulfone groups is 1. The van der Waals surface area contributed by atoms with Crippen LogP contribution in [0, 0.1) is 34.6 Å². The summed E-state index contributed by atoms with van der Waals surface area (Å²) in [7, 11) is -6.90. The second-order valence-electron chi connectivity index (χ2n) is 7.13. The van der Waals surface area contributed by atoms with Gasteiger partial charge in [-0.05, 0) is 75.3 Å². The lowest BCUT2D eigenvalue weighted by atomic mass is 9.95. The first-order chi connectivity index (χ1) is 11.4. The van der Waals surface area contributed by atoms with Crippen molar-refractivity contribution in [3.05, 3.63) is 27.8 Å². The second-order valence-corrected chi connectivity index (χ2v) is 11.2. The molecule has 0 aliphatic carbocycles. The van der Waals surface area contributed by atoms with E-state index in [1.807, 2.05) is 41.5 Å². The van der Waals surface area contributed by atoms with Crippen LogP contribution in [0.4, 0.5) is 0 Å². The highest BCUT2D eigenvalue weighted by molar-refractivity contribution is 7.92. The van der Waals surface area contributed by atoms with Gasteiger partial charge >= 0.3 is 0 Å². The molecule has 0 N–H and O–H groups in total. The Bertz CT molecular complexity index is 857. The lowest BCUT2D eigenvalue weighted by molar-refractivity contribution is 0.340. The zero-order valence-corrected chi connectivity index (χ0v) is 17.6. The summed E-state index contributed by atoms with van der Waals surface area (Å²) >= 11 is 0. The first-order valence-electron chi connectivity index (χ1n) is 8.73. The summed E-state index contributed by atoms with van der Waals surface area (Å²) in [6, 6.07) is -0.462. The van der Waals surface area contributed by atoms with Crippen molar-refractivity contribution in [2.45, 2.75) is 65.3 Å². The molecule has 0 unspecified atom stereocenters. The molecule has 1 fully saturated rings. The number of rotatable bonds is 5. The fraction of sp³-hybridized carbons (Fsp3) is 0.667. The van der Waals surface area contributed by atoms with Gasteiger partial charge in [0.05, 0.1) is 16.4 Å². The Hall–Kier alpha value is -0.920. The van der Waals surface area contributed by atoms with Crippen LogP contribution in [0.1, 0.15) is 47.6 Å². The molecule has 7 heteroatoms. The average molecular weight is 388 g/mol. The number of benzene rings is 1. The Morgan fingerprint density at radius 1 is 0.960 bits per heavy atom. The zero-order chi connectivity index (χ0) is 19.2. The molecule has 1 aromatic carbocycles. The highest BCUT2D eigenvalue weighted by Crippen LogP contribution is 2.33. The molecule has 0 bridgehead atoms. The average Bonchev–Trinajstić information content (AvgIpc) is 2.88. The van der Waals surface area contributed by atoms with Gasteiger partial charge in [-0.1, -0.05) is 6.92 Å². The topological polar surface area (TPSA) is 71.5 Å². The maximum Gasteiger partial charge on any atom is 0.243 e. The van der Waals surface area contributed by atoms with E-state index in [2.05, 4.69) is 0 Å². The van der Waals surface area contributed by atoms with Gasteiger partial charge in [-0.15, -0.1) is 0 Å². The maximum atomic E-state index is 13.5. The van der Waals surface area contributed by atoms with Crippen molar-refractivity contribution in [3.8, 4) is 0 Å². The Kier molecular flexibility index (Phi) is 5.71. The summed E-state index contributed by atoms with van der Waals surface area (Å²) < 4.78 is 52.2. The molecule has 1 aliphatic heterocycles. The minimum Gasteiger partial charge on any atom is -0.229 e. The standard InChI is InChI=1S/C18H29NO4S2/c1-7-9-19(17-8-10-24(20,21)11-17)25(22,23)18-15(5)13(3)12(2)14(4)16(18)6/h17H,7-11H2,1-6H3/t17-/m1/s1. The quantitative estimate of drug-likeness (QED) is 0.779. The smallest absolute Gasteiger partial charge is 0.229 e. The molecule has 1 heterocycles. The number of hydrogen-bond donors (Lipinski definition) is 0.